The fraction of sp³-hybridized carbons (Fsp3) is 0.636. The summed E-state index contributed by atoms with van der Waals surface area (Å²) in [6.45, 7) is 0. The van der Waals surface area contributed by atoms with Gasteiger partial charge in [-0.15, -0.1) is 0 Å². The number of nitrogens with one attached hydrogen (secondary N) is 2. The number of nitrogens with two attached hydrogens (primary N) is 1. The SMILES string of the molecule is CSC1CCC(Nc2ccnc(NN)n2)CC1. The molecule has 1 aromatic heterocycles. The van der Waals surface area contributed by atoms with Crippen molar-refractivity contribution in [1.82, 2.24) is 9.97 Å². The van der Waals surface area contributed by atoms with Gasteiger partial charge in [0.2, 0.25) is 5.95 Å². The number of aromatic nitrogens is 2. The van der Waals surface area contributed by atoms with Crippen LogP contribution in [0, 0.1) is 0 Å². The van der Waals surface area contributed by atoms with Crippen LogP contribution in [0.4, 0.5) is 11.8 Å². The molecule has 6 heteroatoms. The molecule has 1 aliphatic rings. The number of hydrazine groups is 1. The molecule has 1 fully saturated rings. The monoisotopic (exact) mass is 253 g/mol. The molecule has 1 aromatic rings. The highest BCUT2D eigenvalue weighted by atomic mass is 32.2. The predicted molar refractivity (Wildman–Crippen MR) is 73.0 cm³/mol. The van der Waals surface area contributed by atoms with E-state index in [1.807, 2.05) is 17.8 Å². The Labute approximate surface area is 106 Å². The predicted octanol–water partition coefficient (Wildman–Crippen LogP) is 1.85. The third kappa shape index (κ3) is 3.47. The summed E-state index contributed by atoms with van der Waals surface area (Å²) in [5.74, 6) is 6.58. The van der Waals surface area contributed by atoms with Gasteiger partial charge in [-0.2, -0.15) is 16.7 Å². The van der Waals surface area contributed by atoms with Crippen molar-refractivity contribution < 1.29 is 0 Å². The van der Waals surface area contributed by atoms with E-state index in [0.717, 1.165) is 11.1 Å². The van der Waals surface area contributed by atoms with Crippen molar-refractivity contribution in [3.8, 4) is 0 Å². The number of nitrogen functional groups attached to an aromatic ring is 1. The first-order valence-corrected chi connectivity index (χ1v) is 7.19. The van der Waals surface area contributed by atoms with Crippen molar-refractivity contribution in [2.45, 2.75) is 37.0 Å². The first kappa shape index (κ1) is 12.4. The topological polar surface area (TPSA) is 75.9 Å². The van der Waals surface area contributed by atoms with Crippen molar-refractivity contribution >= 4 is 23.5 Å². The Balaban J connectivity index is 1.88. The van der Waals surface area contributed by atoms with Crippen LogP contribution in [-0.4, -0.2) is 27.5 Å². The number of hydrogen-bond donors (Lipinski definition) is 3. The molecule has 0 bridgehead atoms. The molecule has 0 amide bonds. The summed E-state index contributed by atoms with van der Waals surface area (Å²) in [5.41, 5.74) is 2.46. The Kier molecular flexibility index (Phi) is 4.44. The molecule has 5 nitrogen and oxygen atoms in total. The van der Waals surface area contributed by atoms with E-state index < -0.39 is 0 Å². The van der Waals surface area contributed by atoms with Crippen LogP contribution in [0.2, 0.25) is 0 Å². The Morgan fingerprint density at radius 1 is 1.35 bits per heavy atom. The molecule has 0 spiro atoms. The molecule has 0 unspecified atom stereocenters. The largest absolute Gasteiger partial charge is 0.367 e. The number of anilines is 2. The van der Waals surface area contributed by atoms with Crippen molar-refractivity contribution in [2.24, 2.45) is 5.84 Å². The first-order chi connectivity index (χ1) is 8.31. The van der Waals surface area contributed by atoms with Crippen molar-refractivity contribution in [2.75, 3.05) is 17.0 Å². The van der Waals surface area contributed by atoms with Gasteiger partial charge < -0.3 is 5.32 Å². The van der Waals surface area contributed by atoms with Gasteiger partial charge >= 0.3 is 0 Å². The lowest BCUT2D eigenvalue weighted by atomic mass is 9.95. The molecule has 1 aliphatic carbocycles. The maximum absolute atomic E-state index is 5.28. The average molecular weight is 253 g/mol. The molecule has 0 atom stereocenters. The minimum atomic E-state index is 0.452. The van der Waals surface area contributed by atoms with Gasteiger partial charge in [0.25, 0.3) is 0 Å². The van der Waals surface area contributed by atoms with Crippen LogP contribution in [0.1, 0.15) is 25.7 Å². The van der Waals surface area contributed by atoms with Gasteiger partial charge in [-0.3, -0.25) is 5.43 Å². The molecule has 4 N–H and O–H groups in total. The second-order valence-corrected chi connectivity index (χ2v) is 5.40. The Morgan fingerprint density at radius 2 is 2.12 bits per heavy atom. The van der Waals surface area contributed by atoms with Crippen molar-refractivity contribution in [3.05, 3.63) is 12.3 Å². The molecule has 0 aliphatic heterocycles. The third-order valence-corrected chi connectivity index (χ3v) is 4.28. The zero-order valence-corrected chi connectivity index (χ0v) is 10.8. The fourth-order valence-electron chi connectivity index (χ4n) is 2.16. The summed E-state index contributed by atoms with van der Waals surface area (Å²) in [6.07, 6.45) is 8.89. The normalized spacial score (nSPS) is 24.4. The molecule has 0 saturated heterocycles. The molecule has 1 heterocycles. The van der Waals surface area contributed by atoms with E-state index >= 15 is 0 Å². The second-order valence-electron chi connectivity index (χ2n) is 4.26. The molecular formula is C11H19N5S. The number of thioether (sulfide) groups is 1. The van der Waals surface area contributed by atoms with Gasteiger partial charge in [0.15, 0.2) is 0 Å². The van der Waals surface area contributed by atoms with Gasteiger partial charge in [-0.25, -0.2) is 10.8 Å². The van der Waals surface area contributed by atoms with Gasteiger partial charge in [0.05, 0.1) is 0 Å². The minimum absolute atomic E-state index is 0.452. The summed E-state index contributed by atoms with van der Waals surface area (Å²) in [5, 5.41) is 4.28. The molecule has 94 valence electrons. The first-order valence-electron chi connectivity index (χ1n) is 5.91. The highest BCUT2D eigenvalue weighted by Crippen LogP contribution is 2.28. The van der Waals surface area contributed by atoms with Crippen LogP contribution in [0.25, 0.3) is 0 Å². The molecule has 2 rings (SSSR count). The summed E-state index contributed by atoms with van der Waals surface area (Å²) < 4.78 is 0. The third-order valence-electron chi connectivity index (χ3n) is 3.14. The second kappa shape index (κ2) is 6.07. The van der Waals surface area contributed by atoms with Crippen molar-refractivity contribution in [3.63, 3.8) is 0 Å². The molecular weight excluding hydrogens is 234 g/mol. The maximum atomic E-state index is 5.28. The van der Waals surface area contributed by atoms with Gasteiger partial charge in [0, 0.05) is 17.5 Å². The van der Waals surface area contributed by atoms with Crippen LogP contribution in [-0.2, 0) is 0 Å². The zero-order valence-electron chi connectivity index (χ0n) is 10.0. The van der Waals surface area contributed by atoms with E-state index in [0.29, 0.717) is 12.0 Å². The molecule has 0 aromatic carbocycles. The van der Waals surface area contributed by atoms with Gasteiger partial charge in [-0.1, -0.05) is 0 Å². The van der Waals surface area contributed by atoms with Crippen LogP contribution >= 0.6 is 11.8 Å². The maximum Gasteiger partial charge on any atom is 0.239 e. The Hall–Kier alpha value is -1.01. The van der Waals surface area contributed by atoms with Crippen LogP contribution in [0.5, 0.6) is 0 Å². The quantitative estimate of drug-likeness (QED) is 0.561. The Morgan fingerprint density at radius 3 is 2.76 bits per heavy atom. The minimum Gasteiger partial charge on any atom is -0.367 e. The van der Waals surface area contributed by atoms with Crippen LogP contribution in [0.3, 0.4) is 0 Å². The highest BCUT2D eigenvalue weighted by molar-refractivity contribution is 7.99. The number of hydrogen-bond acceptors (Lipinski definition) is 6. The van der Waals surface area contributed by atoms with Crippen LogP contribution < -0.4 is 16.6 Å². The average Bonchev–Trinajstić information content (AvgIpc) is 2.40. The van der Waals surface area contributed by atoms with E-state index in [9.17, 15) is 0 Å². The van der Waals surface area contributed by atoms with E-state index in [2.05, 4.69) is 27.0 Å². The van der Waals surface area contributed by atoms with E-state index in [-0.39, 0.29) is 0 Å². The fourth-order valence-corrected chi connectivity index (χ4v) is 2.90. The highest BCUT2D eigenvalue weighted by Gasteiger charge is 2.20. The molecule has 0 radical (unpaired) electrons. The number of rotatable bonds is 4. The smallest absolute Gasteiger partial charge is 0.239 e. The summed E-state index contributed by atoms with van der Waals surface area (Å²) in [7, 11) is 0. The standard InChI is InChI=1S/C11H19N5S/c1-17-9-4-2-8(3-5-9)14-10-6-7-13-11(15-10)16-12/h6-9H,2-5,12H2,1H3,(H2,13,14,15,16). The van der Waals surface area contributed by atoms with E-state index in [4.69, 9.17) is 5.84 Å². The summed E-state index contributed by atoms with van der Waals surface area (Å²) in [4.78, 5) is 8.25. The lowest BCUT2D eigenvalue weighted by Crippen LogP contribution is -2.27. The van der Waals surface area contributed by atoms with Crippen molar-refractivity contribution in [1.29, 1.82) is 0 Å². The summed E-state index contributed by atoms with van der Waals surface area (Å²) >= 11 is 1.98. The molecule has 17 heavy (non-hydrogen) atoms. The molecule has 1 saturated carbocycles. The van der Waals surface area contributed by atoms with E-state index in [1.54, 1.807) is 6.20 Å². The Bertz CT molecular complexity index is 351. The van der Waals surface area contributed by atoms with Crippen LogP contribution in [0.15, 0.2) is 12.3 Å². The summed E-state index contributed by atoms with van der Waals surface area (Å²) in [6, 6.07) is 2.40. The lowest BCUT2D eigenvalue weighted by molar-refractivity contribution is 0.472. The van der Waals surface area contributed by atoms with Gasteiger partial charge in [0.1, 0.15) is 5.82 Å². The van der Waals surface area contributed by atoms with Gasteiger partial charge in [-0.05, 0) is 38.0 Å². The van der Waals surface area contributed by atoms with E-state index in [1.165, 1.54) is 25.7 Å². The lowest BCUT2D eigenvalue weighted by Gasteiger charge is -2.28. The number of nitrogens with zero attached hydrogens (tertiary/aromatic N) is 2. The zero-order chi connectivity index (χ0) is 12.1.